The molecular formula is C15H9Cl2N3O2. The van der Waals surface area contributed by atoms with Crippen LogP contribution < -0.4 is 0 Å². The van der Waals surface area contributed by atoms with E-state index in [0.29, 0.717) is 21.6 Å². The van der Waals surface area contributed by atoms with E-state index in [0.717, 1.165) is 5.56 Å². The molecule has 3 aromatic rings. The highest BCUT2D eigenvalue weighted by atomic mass is 35.5. The summed E-state index contributed by atoms with van der Waals surface area (Å²) in [6.07, 6.45) is 0. The maximum Gasteiger partial charge on any atom is 0.375 e. The zero-order chi connectivity index (χ0) is 15.7. The molecule has 7 heteroatoms. The van der Waals surface area contributed by atoms with Gasteiger partial charge in [-0.1, -0.05) is 53.5 Å². The molecule has 3 rings (SSSR count). The average Bonchev–Trinajstić information content (AvgIpc) is 2.96. The Labute approximate surface area is 135 Å². The molecule has 2 aromatic carbocycles. The van der Waals surface area contributed by atoms with Gasteiger partial charge in [0.25, 0.3) is 5.82 Å². The lowest BCUT2D eigenvalue weighted by atomic mass is 10.2. The Balaban J connectivity index is 2.21. The van der Waals surface area contributed by atoms with Crippen LogP contribution >= 0.6 is 23.2 Å². The fraction of sp³-hybridized carbons (Fsp3) is 0. The fourth-order valence-corrected chi connectivity index (χ4v) is 2.27. The quantitative estimate of drug-likeness (QED) is 0.788. The Hall–Kier alpha value is -2.37. The van der Waals surface area contributed by atoms with Gasteiger partial charge in [0.1, 0.15) is 0 Å². The van der Waals surface area contributed by atoms with Crippen molar-refractivity contribution in [3.8, 4) is 17.1 Å². The second kappa shape index (κ2) is 5.79. The number of rotatable bonds is 3. The lowest BCUT2D eigenvalue weighted by Gasteiger charge is -2.07. The number of hydrogen-bond donors (Lipinski definition) is 1. The van der Waals surface area contributed by atoms with E-state index in [1.807, 2.05) is 30.3 Å². The predicted octanol–water partition coefficient (Wildman–Crippen LogP) is 3.94. The Kier molecular flexibility index (Phi) is 3.83. The number of aromatic carboxylic acids is 1. The highest BCUT2D eigenvalue weighted by Crippen LogP contribution is 2.27. The number of aromatic nitrogens is 3. The molecule has 110 valence electrons. The Bertz CT molecular complexity index is 847. The van der Waals surface area contributed by atoms with Crippen LogP contribution in [0.5, 0.6) is 0 Å². The molecule has 0 aliphatic heterocycles. The van der Waals surface area contributed by atoms with Gasteiger partial charge < -0.3 is 5.11 Å². The molecule has 1 heterocycles. The molecule has 1 aromatic heterocycles. The van der Waals surface area contributed by atoms with E-state index in [1.165, 1.54) is 4.68 Å². The molecule has 22 heavy (non-hydrogen) atoms. The van der Waals surface area contributed by atoms with Crippen LogP contribution in [0.3, 0.4) is 0 Å². The first-order chi connectivity index (χ1) is 10.6. The van der Waals surface area contributed by atoms with Crippen molar-refractivity contribution < 1.29 is 9.90 Å². The SMILES string of the molecule is O=C(O)c1nc(-c2ccccc2)n(-c2ccc(Cl)c(Cl)c2)n1. The highest BCUT2D eigenvalue weighted by molar-refractivity contribution is 6.42. The van der Waals surface area contributed by atoms with Crippen LogP contribution in [0.2, 0.25) is 10.0 Å². The summed E-state index contributed by atoms with van der Waals surface area (Å²) in [4.78, 5) is 15.2. The molecule has 0 bridgehead atoms. The monoisotopic (exact) mass is 333 g/mol. The molecule has 0 amide bonds. The minimum absolute atomic E-state index is 0.287. The fourth-order valence-electron chi connectivity index (χ4n) is 1.97. The summed E-state index contributed by atoms with van der Waals surface area (Å²) in [5.41, 5.74) is 1.32. The van der Waals surface area contributed by atoms with Gasteiger partial charge in [-0.3, -0.25) is 0 Å². The molecule has 0 aliphatic rings. The number of hydrogen-bond acceptors (Lipinski definition) is 3. The molecule has 0 saturated heterocycles. The molecule has 0 radical (unpaired) electrons. The largest absolute Gasteiger partial charge is 0.475 e. The van der Waals surface area contributed by atoms with Crippen LogP contribution in [0.25, 0.3) is 17.1 Å². The molecular weight excluding hydrogens is 325 g/mol. The first-order valence-electron chi connectivity index (χ1n) is 6.27. The van der Waals surface area contributed by atoms with Crippen LogP contribution in [0, 0.1) is 0 Å². The number of benzene rings is 2. The summed E-state index contributed by atoms with van der Waals surface area (Å²) in [5.74, 6) is -1.07. The van der Waals surface area contributed by atoms with Gasteiger partial charge in [-0.15, -0.1) is 5.10 Å². The van der Waals surface area contributed by atoms with Gasteiger partial charge >= 0.3 is 5.97 Å². The Morgan fingerprint density at radius 1 is 1.05 bits per heavy atom. The van der Waals surface area contributed by atoms with Crippen LogP contribution in [0.4, 0.5) is 0 Å². The van der Waals surface area contributed by atoms with E-state index >= 15 is 0 Å². The van der Waals surface area contributed by atoms with Gasteiger partial charge in [-0.05, 0) is 18.2 Å². The van der Waals surface area contributed by atoms with Gasteiger partial charge in [-0.2, -0.15) is 0 Å². The molecule has 0 saturated carbocycles. The van der Waals surface area contributed by atoms with E-state index in [4.69, 9.17) is 28.3 Å². The van der Waals surface area contributed by atoms with Crippen LogP contribution in [-0.4, -0.2) is 25.8 Å². The van der Waals surface area contributed by atoms with E-state index in [1.54, 1.807) is 18.2 Å². The molecule has 0 atom stereocenters. The molecule has 0 fully saturated rings. The highest BCUT2D eigenvalue weighted by Gasteiger charge is 2.18. The van der Waals surface area contributed by atoms with Crippen LogP contribution in [-0.2, 0) is 0 Å². The van der Waals surface area contributed by atoms with Gasteiger partial charge in [0.15, 0.2) is 5.82 Å². The number of carbonyl (C=O) groups is 1. The standard InChI is InChI=1S/C15H9Cl2N3O2/c16-11-7-6-10(8-12(11)17)20-14(9-4-2-1-3-5-9)18-13(19-20)15(21)22/h1-8H,(H,21,22). The first kappa shape index (κ1) is 14.6. The normalized spacial score (nSPS) is 10.6. The van der Waals surface area contributed by atoms with Crippen molar-refractivity contribution in [1.82, 2.24) is 14.8 Å². The molecule has 5 nitrogen and oxygen atoms in total. The van der Waals surface area contributed by atoms with Gasteiger partial charge in [-0.25, -0.2) is 14.5 Å². The first-order valence-corrected chi connectivity index (χ1v) is 7.03. The maximum absolute atomic E-state index is 11.2. The second-order valence-corrected chi connectivity index (χ2v) is 5.25. The number of carboxylic acids is 1. The lowest BCUT2D eigenvalue weighted by molar-refractivity contribution is 0.0683. The van der Waals surface area contributed by atoms with Crippen LogP contribution in [0.15, 0.2) is 48.5 Å². The van der Waals surface area contributed by atoms with E-state index < -0.39 is 5.97 Å². The Morgan fingerprint density at radius 3 is 2.41 bits per heavy atom. The summed E-state index contributed by atoms with van der Waals surface area (Å²) >= 11 is 11.9. The van der Waals surface area contributed by atoms with Gasteiger partial charge in [0.2, 0.25) is 0 Å². The van der Waals surface area contributed by atoms with Crippen molar-refractivity contribution in [2.75, 3.05) is 0 Å². The molecule has 0 aliphatic carbocycles. The van der Waals surface area contributed by atoms with Crippen molar-refractivity contribution in [2.45, 2.75) is 0 Å². The van der Waals surface area contributed by atoms with Crippen molar-refractivity contribution in [3.63, 3.8) is 0 Å². The van der Waals surface area contributed by atoms with Crippen LogP contribution in [0.1, 0.15) is 10.6 Å². The van der Waals surface area contributed by atoms with E-state index in [-0.39, 0.29) is 5.82 Å². The third kappa shape index (κ3) is 2.68. The van der Waals surface area contributed by atoms with Crippen molar-refractivity contribution in [1.29, 1.82) is 0 Å². The summed E-state index contributed by atoms with van der Waals surface area (Å²) in [7, 11) is 0. The minimum atomic E-state index is -1.20. The van der Waals surface area contributed by atoms with Crippen molar-refractivity contribution in [3.05, 3.63) is 64.4 Å². The van der Waals surface area contributed by atoms with Crippen molar-refractivity contribution in [2.24, 2.45) is 0 Å². The van der Waals surface area contributed by atoms with Gasteiger partial charge in [0.05, 0.1) is 15.7 Å². The maximum atomic E-state index is 11.2. The summed E-state index contributed by atoms with van der Waals surface area (Å²) < 4.78 is 1.43. The molecule has 0 spiro atoms. The average molecular weight is 334 g/mol. The summed E-state index contributed by atoms with van der Waals surface area (Å²) in [6.45, 7) is 0. The molecule has 1 N–H and O–H groups in total. The topological polar surface area (TPSA) is 68.0 Å². The number of halogens is 2. The van der Waals surface area contributed by atoms with E-state index in [9.17, 15) is 4.79 Å². The van der Waals surface area contributed by atoms with Crippen molar-refractivity contribution >= 4 is 29.2 Å². The third-order valence-corrected chi connectivity index (χ3v) is 3.72. The third-order valence-electron chi connectivity index (χ3n) is 2.98. The smallest absolute Gasteiger partial charge is 0.375 e. The Morgan fingerprint density at radius 2 is 1.77 bits per heavy atom. The minimum Gasteiger partial charge on any atom is -0.475 e. The summed E-state index contributed by atoms with van der Waals surface area (Å²) in [5, 5.41) is 13.9. The number of nitrogens with zero attached hydrogens (tertiary/aromatic N) is 3. The zero-order valence-corrected chi connectivity index (χ0v) is 12.6. The second-order valence-electron chi connectivity index (χ2n) is 4.44. The molecule has 0 unspecified atom stereocenters. The zero-order valence-electron chi connectivity index (χ0n) is 11.1. The predicted molar refractivity (Wildman–Crippen MR) is 83.8 cm³/mol. The lowest BCUT2D eigenvalue weighted by Crippen LogP contribution is -2.02. The van der Waals surface area contributed by atoms with Gasteiger partial charge in [0, 0.05) is 5.56 Å². The number of carboxylic acid groups (broad SMARTS) is 1. The summed E-state index contributed by atoms with van der Waals surface area (Å²) in [6, 6.07) is 14.1. The van der Waals surface area contributed by atoms with E-state index in [2.05, 4.69) is 10.1 Å².